The van der Waals surface area contributed by atoms with E-state index < -0.39 is 0 Å². The third-order valence-electron chi connectivity index (χ3n) is 3.55. The molecule has 0 saturated heterocycles. The maximum absolute atomic E-state index is 6.08. The number of ether oxygens (including phenoxy) is 2. The molecule has 1 N–H and O–H groups in total. The molecule has 0 amide bonds. The molecular weight excluding hydrogens is 290 g/mol. The van der Waals surface area contributed by atoms with Crippen LogP contribution in [-0.4, -0.2) is 16.8 Å². The molecule has 21 heavy (non-hydrogen) atoms. The topological polar surface area (TPSA) is 56.3 Å². The quantitative estimate of drug-likeness (QED) is 0.875. The predicted molar refractivity (Wildman–Crippen MR) is 79.3 cm³/mol. The molecule has 108 valence electrons. The van der Waals surface area contributed by atoms with E-state index in [4.69, 9.17) is 21.1 Å². The van der Waals surface area contributed by atoms with E-state index in [1.54, 1.807) is 6.07 Å². The second-order valence-electron chi connectivity index (χ2n) is 5.33. The molecule has 1 aromatic heterocycles. The van der Waals surface area contributed by atoms with Gasteiger partial charge in [-0.2, -0.15) is 0 Å². The summed E-state index contributed by atoms with van der Waals surface area (Å²) in [6.07, 6.45) is 3.43. The van der Waals surface area contributed by atoms with Crippen molar-refractivity contribution in [3.63, 3.8) is 0 Å². The smallest absolute Gasteiger partial charge is 0.231 e. The van der Waals surface area contributed by atoms with Crippen molar-refractivity contribution in [3.05, 3.63) is 35.2 Å². The second kappa shape index (κ2) is 5.07. The van der Waals surface area contributed by atoms with Crippen molar-refractivity contribution in [2.24, 2.45) is 5.92 Å². The zero-order chi connectivity index (χ0) is 14.2. The van der Waals surface area contributed by atoms with Crippen LogP contribution < -0.4 is 14.8 Å². The first-order valence-electron chi connectivity index (χ1n) is 6.96. The van der Waals surface area contributed by atoms with E-state index in [0.29, 0.717) is 11.0 Å². The van der Waals surface area contributed by atoms with Gasteiger partial charge in [-0.25, -0.2) is 9.97 Å². The zero-order valence-corrected chi connectivity index (χ0v) is 12.1. The standard InChI is InChI=1S/C15H14ClN3O2/c16-13-7-15(19-14(18-13)5-9-1-2-9)17-10-3-4-11-12(6-10)21-8-20-11/h3-4,6-7,9H,1-2,5,8H2,(H,17,18,19). The fourth-order valence-electron chi connectivity index (χ4n) is 2.32. The van der Waals surface area contributed by atoms with Crippen LogP contribution in [0, 0.1) is 5.92 Å². The highest BCUT2D eigenvalue weighted by Crippen LogP contribution is 2.35. The molecule has 1 saturated carbocycles. The van der Waals surface area contributed by atoms with Crippen molar-refractivity contribution >= 4 is 23.1 Å². The molecule has 1 aliphatic heterocycles. The van der Waals surface area contributed by atoms with Crippen molar-refractivity contribution in [2.45, 2.75) is 19.3 Å². The lowest BCUT2D eigenvalue weighted by atomic mass is 10.2. The molecule has 0 spiro atoms. The molecule has 5 nitrogen and oxygen atoms in total. The van der Waals surface area contributed by atoms with Crippen molar-refractivity contribution in [1.82, 2.24) is 9.97 Å². The van der Waals surface area contributed by atoms with Gasteiger partial charge in [0.15, 0.2) is 11.5 Å². The summed E-state index contributed by atoms with van der Waals surface area (Å²) in [6, 6.07) is 7.41. The molecule has 1 aliphatic carbocycles. The number of fused-ring (bicyclic) bond motifs is 1. The normalized spacial score (nSPS) is 16.0. The van der Waals surface area contributed by atoms with Crippen LogP contribution in [0.5, 0.6) is 11.5 Å². The van der Waals surface area contributed by atoms with Crippen LogP contribution in [-0.2, 0) is 6.42 Å². The second-order valence-corrected chi connectivity index (χ2v) is 5.72. The Kier molecular flexibility index (Phi) is 3.07. The molecule has 1 fully saturated rings. The van der Waals surface area contributed by atoms with Crippen LogP contribution in [0.25, 0.3) is 0 Å². The van der Waals surface area contributed by atoms with Gasteiger partial charge in [0, 0.05) is 24.2 Å². The van der Waals surface area contributed by atoms with Gasteiger partial charge in [0.2, 0.25) is 6.79 Å². The van der Waals surface area contributed by atoms with E-state index in [-0.39, 0.29) is 6.79 Å². The Bertz CT molecular complexity index is 689. The summed E-state index contributed by atoms with van der Waals surface area (Å²) in [7, 11) is 0. The monoisotopic (exact) mass is 303 g/mol. The maximum Gasteiger partial charge on any atom is 0.231 e. The van der Waals surface area contributed by atoms with Crippen LogP contribution in [0.1, 0.15) is 18.7 Å². The number of halogens is 1. The minimum atomic E-state index is 0.268. The molecular formula is C15H14ClN3O2. The summed E-state index contributed by atoms with van der Waals surface area (Å²) < 4.78 is 10.7. The minimum Gasteiger partial charge on any atom is -0.454 e. The third kappa shape index (κ3) is 2.88. The number of benzene rings is 1. The van der Waals surface area contributed by atoms with Gasteiger partial charge in [0.25, 0.3) is 0 Å². The number of rotatable bonds is 4. The minimum absolute atomic E-state index is 0.268. The van der Waals surface area contributed by atoms with Crippen LogP contribution in [0.2, 0.25) is 5.15 Å². The molecule has 6 heteroatoms. The Balaban J connectivity index is 1.56. The summed E-state index contributed by atoms with van der Waals surface area (Å²) >= 11 is 6.08. The Morgan fingerprint density at radius 3 is 2.86 bits per heavy atom. The lowest BCUT2D eigenvalue weighted by Crippen LogP contribution is -2.01. The Hall–Kier alpha value is -2.01. The first-order chi connectivity index (χ1) is 10.3. The number of nitrogens with zero attached hydrogens (tertiary/aromatic N) is 2. The van der Waals surface area contributed by atoms with Crippen molar-refractivity contribution in [2.75, 3.05) is 12.1 Å². The van der Waals surface area contributed by atoms with Crippen molar-refractivity contribution in [3.8, 4) is 11.5 Å². The van der Waals surface area contributed by atoms with Crippen molar-refractivity contribution < 1.29 is 9.47 Å². The molecule has 1 aromatic carbocycles. The number of anilines is 2. The van der Waals surface area contributed by atoms with E-state index in [9.17, 15) is 0 Å². The summed E-state index contributed by atoms with van der Waals surface area (Å²) in [5.74, 6) is 3.72. The first kappa shape index (κ1) is 12.7. The predicted octanol–water partition coefficient (Wildman–Crippen LogP) is 3.55. The van der Waals surface area contributed by atoms with Crippen LogP contribution in [0.15, 0.2) is 24.3 Å². The summed E-state index contributed by atoms with van der Waals surface area (Å²) in [6.45, 7) is 0.268. The van der Waals surface area contributed by atoms with E-state index >= 15 is 0 Å². The summed E-state index contributed by atoms with van der Waals surface area (Å²) in [5, 5.41) is 3.70. The molecule has 2 aromatic rings. The van der Waals surface area contributed by atoms with Crippen LogP contribution in [0.4, 0.5) is 11.5 Å². The highest BCUT2D eigenvalue weighted by atomic mass is 35.5. The van der Waals surface area contributed by atoms with Gasteiger partial charge in [-0.1, -0.05) is 11.6 Å². The highest BCUT2D eigenvalue weighted by molar-refractivity contribution is 6.29. The van der Waals surface area contributed by atoms with Gasteiger partial charge in [-0.05, 0) is 30.9 Å². The average Bonchev–Trinajstić information content (AvgIpc) is 3.13. The molecule has 0 unspecified atom stereocenters. The first-order valence-corrected chi connectivity index (χ1v) is 7.34. The number of nitrogens with one attached hydrogen (secondary N) is 1. The Morgan fingerprint density at radius 1 is 1.14 bits per heavy atom. The number of aromatic nitrogens is 2. The van der Waals surface area contributed by atoms with Gasteiger partial charge in [0.05, 0.1) is 0 Å². The van der Waals surface area contributed by atoms with Crippen LogP contribution >= 0.6 is 11.6 Å². The molecule has 2 aliphatic rings. The van der Waals surface area contributed by atoms with E-state index in [1.165, 1.54) is 12.8 Å². The summed E-state index contributed by atoms with van der Waals surface area (Å²) in [4.78, 5) is 8.81. The van der Waals surface area contributed by atoms with Gasteiger partial charge >= 0.3 is 0 Å². The fourth-order valence-corrected chi connectivity index (χ4v) is 2.52. The van der Waals surface area contributed by atoms with Gasteiger partial charge in [0.1, 0.15) is 16.8 Å². The van der Waals surface area contributed by atoms with Gasteiger partial charge < -0.3 is 14.8 Å². The van der Waals surface area contributed by atoms with Crippen LogP contribution in [0.3, 0.4) is 0 Å². The van der Waals surface area contributed by atoms with Gasteiger partial charge in [-0.3, -0.25) is 0 Å². The van der Waals surface area contributed by atoms with Gasteiger partial charge in [-0.15, -0.1) is 0 Å². The maximum atomic E-state index is 6.08. The van der Waals surface area contributed by atoms with E-state index in [2.05, 4.69) is 15.3 Å². The fraction of sp³-hybridized carbons (Fsp3) is 0.333. The lowest BCUT2D eigenvalue weighted by molar-refractivity contribution is 0.174. The average molecular weight is 304 g/mol. The Labute approximate surface area is 127 Å². The third-order valence-corrected chi connectivity index (χ3v) is 3.75. The molecule has 0 radical (unpaired) electrons. The summed E-state index contributed by atoms with van der Waals surface area (Å²) in [5.41, 5.74) is 0.881. The largest absolute Gasteiger partial charge is 0.454 e. The molecule has 0 bridgehead atoms. The highest BCUT2D eigenvalue weighted by Gasteiger charge is 2.23. The van der Waals surface area contributed by atoms with Crippen molar-refractivity contribution in [1.29, 1.82) is 0 Å². The molecule has 2 heterocycles. The SMILES string of the molecule is Clc1cc(Nc2ccc3c(c2)OCO3)nc(CC2CC2)n1. The number of hydrogen-bond acceptors (Lipinski definition) is 5. The Morgan fingerprint density at radius 2 is 2.00 bits per heavy atom. The molecule has 4 rings (SSSR count). The van der Waals surface area contributed by atoms with E-state index in [1.807, 2.05) is 18.2 Å². The van der Waals surface area contributed by atoms with E-state index in [0.717, 1.165) is 35.3 Å². The lowest BCUT2D eigenvalue weighted by Gasteiger charge is -2.08. The number of hydrogen-bond donors (Lipinski definition) is 1. The zero-order valence-electron chi connectivity index (χ0n) is 11.3. The molecule has 0 atom stereocenters.